The molecule has 0 aromatic rings. The fourth-order valence-corrected chi connectivity index (χ4v) is 1.57. The molecule has 0 aliphatic rings. The third-order valence-corrected chi connectivity index (χ3v) is 2.38. The molecule has 0 saturated heterocycles. The molecule has 2 atom stereocenters. The lowest BCUT2D eigenvalue weighted by molar-refractivity contribution is -0.157. The van der Waals surface area contributed by atoms with Crippen molar-refractivity contribution in [2.75, 3.05) is 0 Å². The van der Waals surface area contributed by atoms with Crippen LogP contribution in [-0.4, -0.2) is 23.7 Å². The fraction of sp³-hybridized carbons (Fsp3) is 0.923. The summed E-state index contributed by atoms with van der Waals surface area (Å²) in [4.78, 5) is 11.7. The normalized spacial score (nSPS) is 15.6. The lowest BCUT2D eigenvalue weighted by Gasteiger charge is -2.25. The third kappa shape index (κ3) is 6.83. The zero-order valence-corrected chi connectivity index (χ0v) is 11.6. The van der Waals surface area contributed by atoms with Crippen LogP contribution in [0.5, 0.6) is 0 Å². The number of esters is 1. The van der Waals surface area contributed by atoms with E-state index in [1.54, 1.807) is 0 Å². The molecule has 3 heteroatoms. The molecule has 96 valence electrons. The van der Waals surface area contributed by atoms with Crippen LogP contribution in [-0.2, 0) is 9.53 Å². The predicted molar refractivity (Wildman–Crippen MR) is 67.4 cm³/mol. The molecule has 0 aromatic carbocycles. The maximum atomic E-state index is 11.7. The van der Waals surface area contributed by atoms with E-state index >= 15 is 0 Å². The Balaban J connectivity index is 4.13. The number of hydrogen-bond acceptors (Lipinski definition) is 3. The van der Waals surface area contributed by atoms with E-state index in [1.807, 2.05) is 27.7 Å². The Morgan fingerprint density at radius 1 is 1.31 bits per heavy atom. The smallest absolute Gasteiger partial charge is 0.323 e. The summed E-state index contributed by atoms with van der Waals surface area (Å²) in [7, 11) is 0. The van der Waals surface area contributed by atoms with Gasteiger partial charge in [0.1, 0.15) is 11.6 Å². The van der Waals surface area contributed by atoms with Gasteiger partial charge in [0, 0.05) is 6.04 Å². The van der Waals surface area contributed by atoms with Crippen molar-refractivity contribution < 1.29 is 9.53 Å². The Kier molecular flexibility index (Phi) is 6.65. The van der Waals surface area contributed by atoms with Gasteiger partial charge in [-0.15, -0.1) is 0 Å². The zero-order chi connectivity index (χ0) is 12.8. The van der Waals surface area contributed by atoms with Crippen LogP contribution in [0.3, 0.4) is 0 Å². The first-order valence-electron chi connectivity index (χ1n) is 6.29. The Labute approximate surface area is 99.9 Å². The van der Waals surface area contributed by atoms with Crippen molar-refractivity contribution in [3.05, 3.63) is 0 Å². The summed E-state index contributed by atoms with van der Waals surface area (Å²) in [6, 6.07) is 0.184. The van der Waals surface area contributed by atoms with E-state index in [1.165, 1.54) is 0 Å². The number of nitrogens with one attached hydrogen (secondary N) is 1. The second-order valence-electron chi connectivity index (χ2n) is 5.32. The molecule has 0 aliphatic carbocycles. The van der Waals surface area contributed by atoms with Crippen molar-refractivity contribution in [1.82, 2.24) is 5.32 Å². The molecule has 0 rings (SSSR count). The number of carbonyl (C=O) groups excluding carboxylic acids is 1. The topological polar surface area (TPSA) is 38.3 Å². The van der Waals surface area contributed by atoms with Crippen LogP contribution in [0.15, 0.2) is 0 Å². The lowest BCUT2D eigenvalue weighted by Crippen LogP contribution is -2.44. The minimum absolute atomic E-state index is 0.165. The molecule has 0 amide bonds. The molecule has 0 fully saturated rings. The number of hydrogen-bond donors (Lipinski definition) is 1. The number of ether oxygens (including phenoxy) is 1. The predicted octanol–water partition coefficient (Wildman–Crippen LogP) is 2.88. The van der Waals surface area contributed by atoms with Gasteiger partial charge in [-0.05, 0) is 40.5 Å². The van der Waals surface area contributed by atoms with E-state index in [0.29, 0.717) is 6.04 Å². The van der Waals surface area contributed by atoms with Crippen LogP contribution in [0, 0.1) is 0 Å². The average Bonchev–Trinajstić information content (AvgIpc) is 2.14. The van der Waals surface area contributed by atoms with Gasteiger partial charge in [0.2, 0.25) is 0 Å². The first-order chi connectivity index (χ1) is 7.30. The maximum absolute atomic E-state index is 11.7. The Hall–Kier alpha value is -0.570. The highest BCUT2D eigenvalue weighted by molar-refractivity contribution is 5.75. The fourth-order valence-electron chi connectivity index (χ4n) is 1.57. The van der Waals surface area contributed by atoms with Gasteiger partial charge < -0.3 is 10.1 Å². The Morgan fingerprint density at radius 2 is 1.88 bits per heavy atom. The largest absolute Gasteiger partial charge is 0.459 e. The van der Waals surface area contributed by atoms with Crippen molar-refractivity contribution in [2.45, 2.75) is 78.5 Å². The molecule has 0 spiro atoms. The summed E-state index contributed by atoms with van der Waals surface area (Å²) < 4.78 is 5.32. The van der Waals surface area contributed by atoms with Gasteiger partial charge in [0.15, 0.2) is 0 Å². The number of carbonyl (C=O) groups is 1. The molecular formula is C13H27NO2. The second-order valence-corrected chi connectivity index (χ2v) is 5.32. The van der Waals surface area contributed by atoms with Crippen LogP contribution < -0.4 is 5.32 Å². The summed E-state index contributed by atoms with van der Waals surface area (Å²) in [6.07, 6.45) is 3.27. The maximum Gasteiger partial charge on any atom is 0.323 e. The number of rotatable bonds is 6. The van der Waals surface area contributed by atoms with Crippen molar-refractivity contribution in [2.24, 2.45) is 0 Å². The molecule has 0 bridgehead atoms. The molecule has 0 aliphatic heterocycles. The van der Waals surface area contributed by atoms with Crippen molar-refractivity contribution in [3.63, 3.8) is 0 Å². The summed E-state index contributed by atoms with van der Waals surface area (Å²) in [5.41, 5.74) is -0.403. The van der Waals surface area contributed by atoms with Crippen molar-refractivity contribution in [3.8, 4) is 0 Å². The quantitative estimate of drug-likeness (QED) is 0.712. The molecule has 0 aromatic heterocycles. The van der Waals surface area contributed by atoms with Crippen LogP contribution in [0.2, 0.25) is 0 Å². The summed E-state index contributed by atoms with van der Waals surface area (Å²) in [6.45, 7) is 11.8. The molecule has 3 nitrogen and oxygen atoms in total. The zero-order valence-electron chi connectivity index (χ0n) is 11.6. The second kappa shape index (κ2) is 6.89. The molecular weight excluding hydrogens is 202 g/mol. The summed E-state index contributed by atoms with van der Waals surface area (Å²) in [5.74, 6) is -0.165. The minimum Gasteiger partial charge on any atom is -0.459 e. The molecule has 1 N–H and O–H groups in total. The highest BCUT2D eigenvalue weighted by Crippen LogP contribution is 2.09. The molecule has 0 heterocycles. The van der Waals surface area contributed by atoms with Gasteiger partial charge in [-0.3, -0.25) is 4.79 Å². The molecule has 16 heavy (non-hydrogen) atoms. The Bertz CT molecular complexity index is 208. The van der Waals surface area contributed by atoms with Crippen molar-refractivity contribution >= 4 is 5.97 Å². The molecule has 0 radical (unpaired) electrons. The van der Waals surface area contributed by atoms with E-state index in [2.05, 4.69) is 19.2 Å². The summed E-state index contributed by atoms with van der Waals surface area (Å²) in [5, 5.41) is 3.32. The third-order valence-electron chi connectivity index (χ3n) is 2.38. The first-order valence-corrected chi connectivity index (χ1v) is 6.29. The van der Waals surface area contributed by atoms with Crippen LogP contribution in [0.25, 0.3) is 0 Å². The highest BCUT2D eigenvalue weighted by Gasteiger charge is 2.22. The first kappa shape index (κ1) is 15.4. The molecule has 1 unspecified atom stereocenters. The molecule has 0 saturated carbocycles. The van der Waals surface area contributed by atoms with Crippen LogP contribution in [0.1, 0.15) is 60.8 Å². The van der Waals surface area contributed by atoms with Crippen LogP contribution in [0.4, 0.5) is 0 Å². The van der Waals surface area contributed by atoms with Gasteiger partial charge >= 0.3 is 5.97 Å². The van der Waals surface area contributed by atoms with Gasteiger partial charge in [0.25, 0.3) is 0 Å². The lowest BCUT2D eigenvalue weighted by atomic mass is 10.1. The van der Waals surface area contributed by atoms with Crippen LogP contribution >= 0.6 is 0 Å². The summed E-state index contributed by atoms with van der Waals surface area (Å²) >= 11 is 0. The van der Waals surface area contributed by atoms with Crippen molar-refractivity contribution in [1.29, 1.82) is 0 Å². The minimum atomic E-state index is -0.403. The van der Waals surface area contributed by atoms with Gasteiger partial charge in [-0.1, -0.05) is 20.3 Å². The van der Waals surface area contributed by atoms with Gasteiger partial charge in [-0.2, -0.15) is 0 Å². The van der Waals surface area contributed by atoms with E-state index < -0.39 is 5.60 Å². The van der Waals surface area contributed by atoms with E-state index in [0.717, 1.165) is 19.3 Å². The van der Waals surface area contributed by atoms with Gasteiger partial charge in [0.05, 0.1) is 0 Å². The standard InChI is InChI=1S/C13H27NO2/c1-7-9-11(8-2)14-10(3)12(15)16-13(4,5)6/h10-11,14H,7-9H2,1-6H3/t10-,11?/m1/s1. The highest BCUT2D eigenvalue weighted by atomic mass is 16.6. The average molecular weight is 229 g/mol. The van der Waals surface area contributed by atoms with E-state index in [-0.39, 0.29) is 12.0 Å². The SMILES string of the molecule is CCCC(CC)N[C@H](C)C(=O)OC(C)(C)C. The Morgan fingerprint density at radius 3 is 2.25 bits per heavy atom. The monoisotopic (exact) mass is 229 g/mol. The van der Waals surface area contributed by atoms with E-state index in [9.17, 15) is 4.79 Å². The van der Waals surface area contributed by atoms with Gasteiger partial charge in [-0.25, -0.2) is 0 Å². The van der Waals surface area contributed by atoms with E-state index in [4.69, 9.17) is 4.74 Å².